The number of hydrogen-bond acceptors (Lipinski definition) is 8. The normalized spacial score (nSPS) is 17.9. The highest BCUT2D eigenvalue weighted by Crippen LogP contribution is 2.40. The van der Waals surface area contributed by atoms with Gasteiger partial charge in [0.2, 0.25) is 0 Å². The van der Waals surface area contributed by atoms with E-state index in [1.807, 2.05) is 32.3 Å². The van der Waals surface area contributed by atoms with Gasteiger partial charge in [-0.2, -0.15) is 0 Å². The van der Waals surface area contributed by atoms with Gasteiger partial charge < -0.3 is 9.47 Å². The van der Waals surface area contributed by atoms with Crippen molar-refractivity contribution in [1.82, 2.24) is 24.9 Å². The maximum absolute atomic E-state index is 13.0. The molecule has 9 heteroatoms. The number of esters is 1. The summed E-state index contributed by atoms with van der Waals surface area (Å²) in [4.78, 5) is 20.3. The van der Waals surface area contributed by atoms with Crippen molar-refractivity contribution in [2.45, 2.75) is 71.6 Å². The quantitative estimate of drug-likeness (QED) is 0.168. The Morgan fingerprint density at radius 2 is 2.02 bits per heavy atom. The van der Waals surface area contributed by atoms with Crippen LogP contribution in [-0.4, -0.2) is 50.1 Å². The van der Waals surface area contributed by atoms with E-state index in [4.69, 9.17) is 14.5 Å². The highest BCUT2D eigenvalue weighted by Gasteiger charge is 2.31. The minimum Gasteiger partial charge on any atom is -0.487 e. The molecule has 2 aromatic carbocycles. The lowest BCUT2D eigenvalue weighted by atomic mass is 9.84. The number of ether oxygens (including phenoxy) is 2. The van der Waals surface area contributed by atoms with Crippen LogP contribution in [0.25, 0.3) is 21.1 Å². The molecule has 43 heavy (non-hydrogen) atoms. The van der Waals surface area contributed by atoms with Crippen molar-refractivity contribution in [2.75, 3.05) is 13.2 Å². The summed E-state index contributed by atoms with van der Waals surface area (Å²) in [5.74, 6) is 0.499. The Balaban J connectivity index is 1.45. The fourth-order valence-electron chi connectivity index (χ4n) is 6.51. The number of benzene rings is 2. The molecule has 0 N–H and O–H groups in total. The zero-order chi connectivity index (χ0) is 30.1. The Morgan fingerprint density at radius 3 is 2.81 bits per heavy atom. The molecule has 0 radical (unpaired) electrons. The lowest BCUT2D eigenvalue weighted by molar-refractivity contribution is -0.143. The summed E-state index contributed by atoms with van der Waals surface area (Å²) < 4.78 is 15.0. The van der Waals surface area contributed by atoms with Crippen molar-refractivity contribution in [3.8, 4) is 5.75 Å². The van der Waals surface area contributed by atoms with Crippen LogP contribution >= 0.6 is 11.3 Å². The SMILES string of the molecule is CCOC(=O)C[C@@H](c1cc(CN2C[C@@H](CC)Oc3cccnc3[C@H]2CC)c2sccc2c1)c1ccc2c(nnn2C)c1C. The van der Waals surface area contributed by atoms with Gasteiger partial charge >= 0.3 is 5.97 Å². The van der Waals surface area contributed by atoms with Crippen LogP contribution in [0.15, 0.2) is 54.0 Å². The van der Waals surface area contributed by atoms with Gasteiger partial charge in [0.25, 0.3) is 0 Å². The average Bonchev–Trinajstić information content (AvgIpc) is 3.60. The van der Waals surface area contributed by atoms with E-state index in [9.17, 15) is 4.79 Å². The van der Waals surface area contributed by atoms with Gasteiger partial charge in [-0.05, 0) is 90.0 Å². The van der Waals surface area contributed by atoms with E-state index < -0.39 is 0 Å². The molecule has 0 saturated carbocycles. The largest absolute Gasteiger partial charge is 0.487 e. The van der Waals surface area contributed by atoms with Gasteiger partial charge in [0, 0.05) is 37.0 Å². The number of pyridine rings is 1. The van der Waals surface area contributed by atoms with Gasteiger partial charge in [-0.15, -0.1) is 16.4 Å². The minimum absolute atomic E-state index is 0.0828. The van der Waals surface area contributed by atoms with Gasteiger partial charge in [-0.3, -0.25) is 14.7 Å². The molecule has 224 valence electrons. The molecular weight excluding hydrogens is 558 g/mol. The summed E-state index contributed by atoms with van der Waals surface area (Å²) in [5.41, 5.74) is 7.30. The van der Waals surface area contributed by atoms with Gasteiger partial charge in [-0.1, -0.05) is 31.2 Å². The number of aromatic nitrogens is 4. The first-order chi connectivity index (χ1) is 20.9. The molecule has 3 atom stereocenters. The van der Waals surface area contributed by atoms with Gasteiger partial charge in [0.1, 0.15) is 17.4 Å². The molecule has 0 spiro atoms. The lowest BCUT2D eigenvalue weighted by Gasteiger charge is -2.30. The van der Waals surface area contributed by atoms with Crippen LogP contribution in [0.1, 0.15) is 79.9 Å². The summed E-state index contributed by atoms with van der Waals surface area (Å²) in [5, 5.41) is 12.0. The predicted molar refractivity (Wildman–Crippen MR) is 171 cm³/mol. The highest BCUT2D eigenvalue weighted by atomic mass is 32.1. The predicted octanol–water partition coefficient (Wildman–Crippen LogP) is 7.10. The summed E-state index contributed by atoms with van der Waals surface area (Å²) >= 11 is 1.77. The first-order valence-electron chi connectivity index (χ1n) is 15.2. The molecule has 1 aliphatic heterocycles. The van der Waals surface area contributed by atoms with Crippen LogP contribution in [0.5, 0.6) is 5.75 Å². The van der Waals surface area contributed by atoms with Crippen LogP contribution in [0.3, 0.4) is 0 Å². The highest BCUT2D eigenvalue weighted by molar-refractivity contribution is 7.17. The molecule has 0 bridgehead atoms. The number of hydrogen-bond donors (Lipinski definition) is 0. The Labute approximate surface area is 256 Å². The summed E-state index contributed by atoms with van der Waals surface area (Å²) in [6.07, 6.45) is 4.05. The topological polar surface area (TPSA) is 82.4 Å². The number of carbonyl (C=O) groups excluding carboxylic acids is 1. The fraction of sp³-hybridized carbons (Fsp3) is 0.412. The van der Waals surface area contributed by atoms with E-state index in [-0.39, 0.29) is 30.5 Å². The van der Waals surface area contributed by atoms with Crippen molar-refractivity contribution in [1.29, 1.82) is 0 Å². The van der Waals surface area contributed by atoms with Gasteiger partial charge in [-0.25, -0.2) is 4.68 Å². The summed E-state index contributed by atoms with van der Waals surface area (Å²) in [6.45, 7) is 10.3. The van der Waals surface area contributed by atoms with Crippen LogP contribution in [0, 0.1) is 6.92 Å². The molecule has 3 aromatic heterocycles. The van der Waals surface area contributed by atoms with E-state index in [2.05, 4.69) is 71.7 Å². The fourth-order valence-corrected chi connectivity index (χ4v) is 7.40. The second kappa shape index (κ2) is 12.4. The zero-order valence-corrected chi connectivity index (χ0v) is 26.4. The third kappa shape index (κ3) is 5.63. The molecule has 0 aliphatic carbocycles. The molecule has 4 heterocycles. The monoisotopic (exact) mass is 597 g/mol. The second-order valence-electron chi connectivity index (χ2n) is 11.3. The first kappa shape index (κ1) is 29.3. The Hall–Kier alpha value is -3.82. The van der Waals surface area contributed by atoms with Crippen molar-refractivity contribution in [2.24, 2.45) is 7.05 Å². The van der Waals surface area contributed by atoms with E-state index in [0.29, 0.717) is 6.61 Å². The lowest BCUT2D eigenvalue weighted by Crippen LogP contribution is -2.35. The summed E-state index contributed by atoms with van der Waals surface area (Å²) in [7, 11) is 1.90. The minimum atomic E-state index is -0.206. The van der Waals surface area contributed by atoms with Crippen LogP contribution in [0.2, 0.25) is 0 Å². The molecule has 6 rings (SSSR count). The van der Waals surface area contributed by atoms with Crippen LogP contribution in [0.4, 0.5) is 0 Å². The molecule has 1 aliphatic rings. The van der Waals surface area contributed by atoms with E-state index in [0.717, 1.165) is 65.1 Å². The Bertz CT molecular complexity index is 1760. The number of fused-ring (bicyclic) bond motifs is 3. The number of carbonyl (C=O) groups is 1. The van der Waals surface area contributed by atoms with Crippen LogP contribution in [-0.2, 0) is 23.1 Å². The Morgan fingerprint density at radius 1 is 1.16 bits per heavy atom. The third-order valence-corrected chi connectivity index (χ3v) is 9.69. The average molecular weight is 598 g/mol. The van der Waals surface area contributed by atoms with Gasteiger partial charge in [0.05, 0.1) is 30.3 Å². The van der Waals surface area contributed by atoms with Crippen molar-refractivity contribution < 1.29 is 14.3 Å². The standard InChI is InChI=1S/C34H39N5O3S/c1-6-25-20-39(28(7-2)33-30(42-25)10-9-14-35-33)19-24-17-23(16-22-13-15-43-34(22)24)27(18-31(40)41-8-3)26-11-12-29-32(21(26)4)36-37-38(29)5/h9-17,25,27-28H,6-8,18-20H2,1-5H3/t25-,27+,28-/m1/s1. The summed E-state index contributed by atoms with van der Waals surface area (Å²) in [6, 6.07) is 15.1. The maximum Gasteiger partial charge on any atom is 0.306 e. The van der Waals surface area contributed by atoms with Crippen molar-refractivity contribution in [3.63, 3.8) is 0 Å². The molecule has 0 unspecified atom stereocenters. The number of aryl methyl sites for hydroxylation is 2. The van der Waals surface area contributed by atoms with Crippen LogP contribution < -0.4 is 4.74 Å². The molecule has 8 nitrogen and oxygen atoms in total. The zero-order valence-electron chi connectivity index (χ0n) is 25.5. The number of nitrogens with zero attached hydrogens (tertiary/aromatic N) is 5. The number of thiophene rings is 1. The molecule has 0 amide bonds. The number of rotatable bonds is 9. The van der Waals surface area contributed by atoms with Crippen molar-refractivity contribution in [3.05, 3.63) is 82.0 Å². The molecule has 0 fully saturated rings. The second-order valence-corrected chi connectivity index (χ2v) is 12.2. The van der Waals surface area contributed by atoms with E-state index >= 15 is 0 Å². The molecular formula is C34H39N5O3S. The van der Waals surface area contributed by atoms with E-state index in [1.54, 1.807) is 16.0 Å². The first-order valence-corrected chi connectivity index (χ1v) is 16.1. The van der Waals surface area contributed by atoms with Gasteiger partial charge in [0.15, 0.2) is 0 Å². The molecule has 5 aromatic rings. The van der Waals surface area contributed by atoms with E-state index in [1.165, 1.54) is 15.6 Å². The Kier molecular flexibility index (Phi) is 8.45. The molecule has 0 saturated heterocycles. The maximum atomic E-state index is 13.0. The third-order valence-electron chi connectivity index (χ3n) is 8.69. The smallest absolute Gasteiger partial charge is 0.306 e. The van der Waals surface area contributed by atoms with Crippen molar-refractivity contribution >= 4 is 38.4 Å².